The summed E-state index contributed by atoms with van der Waals surface area (Å²) in [5.74, 6) is 0.399. The van der Waals surface area contributed by atoms with E-state index in [9.17, 15) is 5.11 Å². The molecule has 0 radical (unpaired) electrons. The summed E-state index contributed by atoms with van der Waals surface area (Å²) in [6.07, 6.45) is 6.31. The molecular weight excluding hydrogens is 286 g/mol. The summed E-state index contributed by atoms with van der Waals surface area (Å²) >= 11 is 0. The molecule has 4 nitrogen and oxygen atoms in total. The Balaban J connectivity index is 1.47. The Morgan fingerprint density at radius 1 is 1.13 bits per heavy atom. The maximum absolute atomic E-state index is 10.5. The second-order valence-corrected chi connectivity index (χ2v) is 6.52. The Kier molecular flexibility index (Phi) is 5.36. The molecule has 23 heavy (non-hydrogen) atoms. The van der Waals surface area contributed by atoms with Gasteiger partial charge < -0.3 is 5.11 Å². The number of piperidine rings is 1. The van der Waals surface area contributed by atoms with Gasteiger partial charge in [-0.05, 0) is 50.8 Å². The second-order valence-electron chi connectivity index (χ2n) is 6.52. The SMILES string of the molecule is Cc1cnc(CN2CCC(C(O)Cc3ccccc3)CC2)cn1. The lowest BCUT2D eigenvalue weighted by Crippen LogP contribution is -2.38. The van der Waals surface area contributed by atoms with Gasteiger partial charge in [-0.25, -0.2) is 0 Å². The molecule has 122 valence electrons. The number of benzene rings is 1. The second kappa shape index (κ2) is 7.66. The van der Waals surface area contributed by atoms with Crippen LogP contribution in [-0.4, -0.2) is 39.2 Å². The minimum atomic E-state index is -0.237. The molecule has 0 amide bonds. The standard InChI is InChI=1S/C19H25N3O/c1-15-12-21-18(13-20-15)14-22-9-7-17(8-10-22)19(23)11-16-5-3-2-4-6-16/h2-6,12-13,17,19,23H,7-11,14H2,1H3. The fraction of sp³-hybridized carbons (Fsp3) is 0.474. The van der Waals surface area contributed by atoms with E-state index in [4.69, 9.17) is 0 Å². The summed E-state index contributed by atoms with van der Waals surface area (Å²) in [6.45, 7) is 4.85. The van der Waals surface area contributed by atoms with Crippen LogP contribution in [0.3, 0.4) is 0 Å². The van der Waals surface area contributed by atoms with Gasteiger partial charge in [-0.1, -0.05) is 30.3 Å². The Hall–Kier alpha value is -1.78. The number of hydrogen-bond acceptors (Lipinski definition) is 4. The molecule has 1 atom stereocenters. The lowest BCUT2D eigenvalue weighted by molar-refractivity contribution is 0.0573. The molecule has 0 aliphatic carbocycles. The van der Waals surface area contributed by atoms with Crippen LogP contribution in [0.15, 0.2) is 42.7 Å². The fourth-order valence-corrected chi connectivity index (χ4v) is 3.25. The van der Waals surface area contributed by atoms with E-state index in [1.807, 2.05) is 37.5 Å². The number of aryl methyl sites for hydroxylation is 1. The predicted octanol–water partition coefficient (Wildman–Crippen LogP) is 2.60. The van der Waals surface area contributed by atoms with Crippen LogP contribution in [0.4, 0.5) is 0 Å². The van der Waals surface area contributed by atoms with Crippen molar-refractivity contribution in [2.45, 2.75) is 38.8 Å². The van der Waals surface area contributed by atoms with E-state index in [1.54, 1.807) is 0 Å². The third-order valence-corrected chi connectivity index (χ3v) is 4.68. The van der Waals surface area contributed by atoms with Crippen LogP contribution < -0.4 is 0 Å². The van der Waals surface area contributed by atoms with Crippen LogP contribution >= 0.6 is 0 Å². The van der Waals surface area contributed by atoms with Crippen LogP contribution in [0, 0.1) is 12.8 Å². The molecule has 1 aliphatic heterocycles. The van der Waals surface area contributed by atoms with Gasteiger partial charge in [-0.2, -0.15) is 0 Å². The van der Waals surface area contributed by atoms with Crippen molar-refractivity contribution in [2.24, 2.45) is 5.92 Å². The van der Waals surface area contributed by atoms with Crippen LogP contribution in [0.5, 0.6) is 0 Å². The molecular formula is C19H25N3O. The Bertz CT molecular complexity index is 592. The zero-order chi connectivity index (χ0) is 16.1. The van der Waals surface area contributed by atoms with E-state index in [1.165, 1.54) is 5.56 Å². The topological polar surface area (TPSA) is 49.2 Å². The minimum Gasteiger partial charge on any atom is -0.392 e. The number of nitrogens with zero attached hydrogens (tertiary/aromatic N) is 3. The predicted molar refractivity (Wildman–Crippen MR) is 90.9 cm³/mol. The van der Waals surface area contributed by atoms with Crippen molar-refractivity contribution in [3.05, 3.63) is 59.7 Å². The molecule has 1 aliphatic rings. The summed E-state index contributed by atoms with van der Waals surface area (Å²) in [6, 6.07) is 10.3. The van der Waals surface area contributed by atoms with E-state index in [0.29, 0.717) is 5.92 Å². The van der Waals surface area contributed by atoms with Crippen molar-refractivity contribution in [2.75, 3.05) is 13.1 Å². The monoisotopic (exact) mass is 311 g/mol. The van der Waals surface area contributed by atoms with E-state index in [-0.39, 0.29) is 6.10 Å². The van der Waals surface area contributed by atoms with Crippen molar-refractivity contribution in [1.82, 2.24) is 14.9 Å². The van der Waals surface area contributed by atoms with Crippen LogP contribution in [-0.2, 0) is 13.0 Å². The molecule has 1 N–H and O–H groups in total. The number of aromatic nitrogens is 2. The smallest absolute Gasteiger partial charge is 0.0727 e. The average molecular weight is 311 g/mol. The van der Waals surface area contributed by atoms with E-state index >= 15 is 0 Å². The largest absolute Gasteiger partial charge is 0.392 e. The Labute approximate surface area is 138 Å². The van der Waals surface area contributed by atoms with E-state index in [2.05, 4.69) is 27.0 Å². The maximum atomic E-state index is 10.5. The number of hydrogen-bond donors (Lipinski definition) is 1. The summed E-state index contributed by atoms with van der Waals surface area (Å²) in [7, 11) is 0. The van der Waals surface area contributed by atoms with Crippen molar-refractivity contribution < 1.29 is 5.11 Å². The van der Waals surface area contributed by atoms with Gasteiger partial charge in [0.15, 0.2) is 0 Å². The van der Waals surface area contributed by atoms with Gasteiger partial charge in [-0.15, -0.1) is 0 Å². The highest BCUT2D eigenvalue weighted by molar-refractivity contribution is 5.15. The first-order valence-corrected chi connectivity index (χ1v) is 8.42. The van der Waals surface area contributed by atoms with Crippen LogP contribution in [0.2, 0.25) is 0 Å². The molecule has 2 aromatic rings. The molecule has 4 heteroatoms. The number of likely N-dealkylation sites (tertiary alicyclic amines) is 1. The summed E-state index contributed by atoms with van der Waals surface area (Å²) < 4.78 is 0. The molecule has 1 aromatic heterocycles. The highest BCUT2D eigenvalue weighted by Crippen LogP contribution is 2.23. The minimum absolute atomic E-state index is 0.237. The molecule has 1 saturated heterocycles. The normalized spacial score (nSPS) is 18.0. The molecule has 3 rings (SSSR count). The lowest BCUT2D eigenvalue weighted by atomic mass is 9.88. The van der Waals surface area contributed by atoms with Crippen molar-refractivity contribution in [3.63, 3.8) is 0 Å². The third kappa shape index (κ3) is 4.60. The van der Waals surface area contributed by atoms with Gasteiger partial charge in [0.2, 0.25) is 0 Å². The first kappa shape index (κ1) is 16.1. The van der Waals surface area contributed by atoms with Gasteiger partial charge in [-0.3, -0.25) is 14.9 Å². The third-order valence-electron chi connectivity index (χ3n) is 4.68. The van der Waals surface area contributed by atoms with Crippen LogP contribution in [0.25, 0.3) is 0 Å². The van der Waals surface area contributed by atoms with Gasteiger partial charge in [0.1, 0.15) is 0 Å². The molecule has 1 fully saturated rings. The van der Waals surface area contributed by atoms with Gasteiger partial charge in [0, 0.05) is 18.9 Å². The number of aliphatic hydroxyl groups is 1. The van der Waals surface area contributed by atoms with Crippen LogP contribution in [0.1, 0.15) is 29.8 Å². The average Bonchev–Trinajstić information content (AvgIpc) is 2.58. The van der Waals surface area contributed by atoms with Crippen molar-refractivity contribution >= 4 is 0 Å². The highest BCUT2D eigenvalue weighted by atomic mass is 16.3. The maximum Gasteiger partial charge on any atom is 0.0727 e. The van der Waals surface area contributed by atoms with Gasteiger partial charge in [0.05, 0.1) is 17.5 Å². The molecule has 1 unspecified atom stereocenters. The molecule has 0 spiro atoms. The number of rotatable bonds is 5. The van der Waals surface area contributed by atoms with E-state index < -0.39 is 0 Å². The quantitative estimate of drug-likeness (QED) is 0.922. The zero-order valence-corrected chi connectivity index (χ0v) is 13.7. The fourth-order valence-electron chi connectivity index (χ4n) is 3.25. The summed E-state index contributed by atoms with van der Waals surface area (Å²) in [4.78, 5) is 11.1. The lowest BCUT2D eigenvalue weighted by Gasteiger charge is -2.34. The van der Waals surface area contributed by atoms with Crippen molar-refractivity contribution in [3.8, 4) is 0 Å². The Morgan fingerprint density at radius 2 is 1.87 bits per heavy atom. The zero-order valence-electron chi connectivity index (χ0n) is 13.7. The summed E-state index contributed by atoms with van der Waals surface area (Å²) in [5, 5.41) is 10.5. The van der Waals surface area contributed by atoms with Gasteiger partial charge >= 0.3 is 0 Å². The van der Waals surface area contributed by atoms with E-state index in [0.717, 1.165) is 50.3 Å². The molecule has 0 bridgehead atoms. The molecule has 2 heterocycles. The first-order chi connectivity index (χ1) is 11.2. The number of aliphatic hydroxyl groups excluding tert-OH is 1. The van der Waals surface area contributed by atoms with Crippen molar-refractivity contribution in [1.29, 1.82) is 0 Å². The molecule has 0 saturated carbocycles. The summed E-state index contributed by atoms with van der Waals surface area (Å²) in [5.41, 5.74) is 3.20. The van der Waals surface area contributed by atoms with Gasteiger partial charge in [0.25, 0.3) is 0 Å². The first-order valence-electron chi connectivity index (χ1n) is 8.42. The Morgan fingerprint density at radius 3 is 2.52 bits per heavy atom. The highest BCUT2D eigenvalue weighted by Gasteiger charge is 2.25. The molecule has 1 aromatic carbocycles.